The van der Waals surface area contributed by atoms with Crippen molar-refractivity contribution >= 4 is 5.84 Å². The largest absolute Gasteiger partial charge is 0.496 e. The van der Waals surface area contributed by atoms with Gasteiger partial charge in [0.25, 0.3) is 0 Å². The van der Waals surface area contributed by atoms with Crippen molar-refractivity contribution in [1.82, 2.24) is 0 Å². The zero-order valence-corrected chi connectivity index (χ0v) is 7.84. The van der Waals surface area contributed by atoms with Gasteiger partial charge in [-0.3, -0.25) is 0 Å². The summed E-state index contributed by atoms with van der Waals surface area (Å²) in [5.41, 5.74) is 11.8. The van der Waals surface area contributed by atoms with Crippen LogP contribution in [-0.4, -0.2) is 18.2 Å². The summed E-state index contributed by atoms with van der Waals surface area (Å²) in [5.74, 6) is 0.570. The first kappa shape index (κ1) is 10.3. The van der Waals surface area contributed by atoms with E-state index in [0.717, 1.165) is 0 Å². The van der Waals surface area contributed by atoms with E-state index < -0.39 is 6.04 Å². The average Bonchev–Trinajstić information content (AvgIpc) is 2.26. The Morgan fingerprint density at radius 1 is 1.50 bits per heavy atom. The minimum Gasteiger partial charge on any atom is -0.496 e. The molecule has 0 aliphatic rings. The Bertz CT molecular complexity index is 339. The highest BCUT2D eigenvalue weighted by atomic mass is 16.5. The van der Waals surface area contributed by atoms with Gasteiger partial charge in [0.2, 0.25) is 0 Å². The molecule has 0 aliphatic heterocycles. The number of nitrogens with zero attached hydrogens (tertiary/aromatic N) is 1. The molecule has 1 aromatic rings. The van der Waals surface area contributed by atoms with Gasteiger partial charge in [-0.15, -0.1) is 0 Å². The number of benzene rings is 1. The number of rotatable bonds is 3. The maximum absolute atomic E-state index is 8.47. The van der Waals surface area contributed by atoms with Crippen LogP contribution in [0.1, 0.15) is 11.6 Å². The molecule has 1 aromatic carbocycles. The highest BCUT2D eigenvalue weighted by Crippen LogP contribution is 2.22. The average molecular weight is 195 g/mol. The van der Waals surface area contributed by atoms with E-state index in [0.29, 0.717) is 11.3 Å². The number of oxime groups is 1. The summed E-state index contributed by atoms with van der Waals surface area (Å²) in [6.45, 7) is 0. The molecule has 0 bridgehead atoms. The molecule has 5 heteroatoms. The van der Waals surface area contributed by atoms with Crippen LogP contribution in [0.3, 0.4) is 0 Å². The minimum atomic E-state index is -0.656. The first-order chi connectivity index (χ1) is 6.70. The number of para-hydroxylation sites is 1. The molecule has 5 nitrogen and oxygen atoms in total. The van der Waals surface area contributed by atoms with Gasteiger partial charge in [-0.25, -0.2) is 0 Å². The molecule has 0 fully saturated rings. The van der Waals surface area contributed by atoms with E-state index in [-0.39, 0.29) is 5.84 Å². The number of nitrogens with two attached hydrogens (primary N) is 2. The fourth-order valence-electron chi connectivity index (χ4n) is 1.14. The Morgan fingerprint density at radius 3 is 2.71 bits per heavy atom. The second kappa shape index (κ2) is 4.48. The van der Waals surface area contributed by atoms with E-state index in [4.69, 9.17) is 21.4 Å². The predicted octanol–water partition coefficient (Wildman–Crippen LogP) is 0.441. The van der Waals surface area contributed by atoms with Crippen molar-refractivity contribution < 1.29 is 9.94 Å². The maximum Gasteiger partial charge on any atom is 0.160 e. The first-order valence-corrected chi connectivity index (χ1v) is 4.06. The zero-order chi connectivity index (χ0) is 10.6. The van der Waals surface area contributed by atoms with Crippen LogP contribution in [0.2, 0.25) is 0 Å². The predicted molar refractivity (Wildman–Crippen MR) is 53.3 cm³/mol. The number of methoxy groups -OCH3 is 1. The number of hydrogen-bond acceptors (Lipinski definition) is 4. The lowest BCUT2D eigenvalue weighted by Gasteiger charge is -2.13. The molecule has 0 saturated carbocycles. The van der Waals surface area contributed by atoms with Crippen molar-refractivity contribution in [3.63, 3.8) is 0 Å². The summed E-state index contributed by atoms with van der Waals surface area (Å²) in [5, 5.41) is 11.3. The molecule has 76 valence electrons. The van der Waals surface area contributed by atoms with E-state index in [2.05, 4.69) is 5.16 Å². The van der Waals surface area contributed by atoms with Crippen molar-refractivity contribution in [3.05, 3.63) is 29.8 Å². The second-order valence-corrected chi connectivity index (χ2v) is 2.74. The Balaban J connectivity index is 3.05. The van der Waals surface area contributed by atoms with Gasteiger partial charge < -0.3 is 21.4 Å². The van der Waals surface area contributed by atoms with Crippen LogP contribution in [0.15, 0.2) is 29.4 Å². The Kier molecular flexibility index (Phi) is 3.30. The highest BCUT2D eigenvalue weighted by molar-refractivity contribution is 5.86. The third-order valence-corrected chi connectivity index (χ3v) is 1.91. The summed E-state index contributed by atoms with van der Waals surface area (Å²) in [4.78, 5) is 0. The lowest BCUT2D eigenvalue weighted by Crippen LogP contribution is -2.29. The van der Waals surface area contributed by atoms with Gasteiger partial charge in [0.05, 0.1) is 13.2 Å². The van der Waals surface area contributed by atoms with Crippen LogP contribution in [0, 0.1) is 0 Å². The van der Waals surface area contributed by atoms with Crippen LogP contribution >= 0.6 is 0 Å². The fraction of sp³-hybridized carbons (Fsp3) is 0.222. The molecule has 0 amide bonds. The normalized spacial score (nSPS) is 13.7. The molecule has 0 spiro atoms. The third-order valence-electron chi connectivity index (χ3n) is 1.91. The molecule has 0 aromatic heterocycles. The Hall–Kier alpha value is -1.75. The standard InChI is InChI=1S/C9H13N3O2/c1-14-7-5-3-2-4-6(7)8(10)9(11)12-13/h2-5,8,13H,10H2,1H3,(H2,11,12). The SMILES string of the molecule is COc1ccccc1C(N)/C(N)=N/O. The van der Waals surface area contributed by atoms with E-state index in [1.54, 1.807) is 12.1 Å². The Morgan fingerprint density at radius 2 is 2.14 bits per heavy atom. The van der Waals surface area contributed by atoms with E-state index in [9.17, 15) is 0 Å². The summed E-state index contributed by atoms with van der Waals surface area (Å²) in [6, 6.07) is 6.50. The minimum absolute atomic E-state index is 0.0468. The van der Waals surface area contributed by atoms with Crippen molar-refractivity contribution in [1.29, 1.82) is 0 Å². The smallest absolute Gasteiger partial charge is 0.160 e. The van der Waals surface area contributed by atoms with Crippen LogP contribution in [0.25, 0.3) is 0 Å². The van der Waals surface area contributed by atoms with Crippen LogP contribution in [0.4, 0.5) is 0 Å². The monoisotopic (exact) mass is 195 g/mol. The van der Waals surface area contributed by atoms with Crippen molar-refractivity contribution in [2.45, 2.75) is 6.04 Å². The summed E-state index contributed by atoms with van der Waals surface area (Å²) < 4.78 is 5.09. The van der Waals surface area contributed by atoms with Crippen molar-refractivity contribution in [2.75, 3.05) is 7.11 Å². The summed E-state index contributed by atoms with van der Waals surface area (Å²) >= 11 is 0. The molecule has 1 atom stereocenters. The maximum atomic E-state index is 8.47. The lowest BCUT2D eigenvalue weighted by atomic mass is 10.1. The molecule has 14 heavy (non-hydrogen) atoms. The van der Waals surface area contributed by atoms with Gasteiger partial charge in [-0.2, -0.15) is 0 Å². The third kappa shape index (κ3) is 1.94. The lowest BCUT2D eigenvalue weighted by molar-refractivity contribution is 0.315. The number of ether oxygens (including phenoxy) is 1. The summed E-state index contributed by atoms with van der Waals surface area (Å²) in [6.07, 6.45) is 0. The van der Waals surface area contributed by atoms with Crippen LogP contribution in [0.5, 0.6) is 5.75 Å². The molecular formula is C9H13N3O2. The quantitative estimate of drug-likeness (QED) is 0.282. The van der Waals surface area contributed by atoms with Crippen molar-refractivity contribution in [3.8, 4) is 5.75 Å². The molecule has 0 aliphatic carbocycles. The van der Waals surface area contributed by atoms with E-state index in [1.807, 2.05) is 12.1 Å². The van der Waals surface area contributed by atoms with Gasteiger partial charge in [0.15, 0.2) is 5.84 Å². The van der Waals surface area contributed by atoms with E-state index in [1.165, 1.54) is 7.11 Å². The van der Waals surface area contributed by atoms with Gasteiger partial charge in [0, 0.05) is 5.56 Å². The molecule has 5 N–H and O–H groups in total. The Labute approximate surface area is 82.0 Å². The molecule has 1 unspecified atom stereocenters. The number of hydrogen-bond donors (Lipinski definition) is 3. The first-order valence-electron chi connectivity index (χ1n) is 4.06. The van der Waals surface area contributed by atoms with Gasteiger partial charge >= 0.3 is 0 Å². The molecule has 0 heterocycles. The topological polar surface area (TPSA) is 93.9 Å². The van der Waals surface area contributed by atoms with Gasteiger partial charge in [0.1, 0.15) is 5.75 Å². The summed E-state index contributed by atoms with van der Waals surface area (Å²) in [7, 11) is 1.54. The second-order valence-electron chi connectivity index (χ2n) is 2.74. The van der Waals surface area contributed by atoms with Crippen LogP contribution < -0.4 is 16.2 Å². The van der Waals surface area contributed by atoms with Gasteiger partial charge in [-0.1, -0.05) is 23.4 Å². The molecule has 0 saturated heterocycles. The fourth-order valence-corrected chi connectivity index (χ4v) is 1.14. The zero-order valence-electron chi connectivity index (χ0n) is 7.84. The number of amidine groups is 1. The van der Waals surface area contributed by atoms with E-state index >= 15 is 0 Å². The van der Waals surface area contributed by atoms with Gasteiger partial charge in [-0.05, 0) is 6.07 Å². The molecule has 1 rings (SSSR count). The highest BCUT2D eigenvalue weighted by Gasteiger charge is 2.14. The molecule has 0 radical (unpaired) electrons. The van der Waals surface area contributed by atoms with Crippen molar-refractivity contribution in [2.24, 2.45) is 16.6 Å². The molecular weight excluding hydrogens is 182 g/mol. The van der Waals surface area contributed by atoms with Crippen LogP contribution in [-0.2, 0) is 0 Å².